The Balaban J connectivity index is 2.46. The van der Waals surface area contributed by atoms with Crippen LogP contribution >= 0.6 is 0 Å². The highest BCUT2D eigenvalue weighted by Gasteiger charge is 2.38. The van der Waals surface area contributed by atoms with Gasteiger partial charge in [-0.05, 0) is 6.92 Å². The fourth-order valence-corrected chi connectivity index (χ4v) is 2.59. The van der Waals surface area contributed by atoms with E-state index in [1.165, 1.54) is 6.07 Å². The van der Waals surface area contributed by atoms with Crippen molar-refractivity contribution in [1.82, 2.24) is 9.97 Å². The summed E-state index contributed by atoms with van der Waals surface area (Å²) in [5, 5.41) is 0. The number of rotatable bonds is 5. The highest BCUT2D eigenvalue weighted by atomic mass is 19.4. The first kappa shape index (κ1) is 19.9. The van der Waals surface area contributed by atoms with Crippen molar-refractivity contribution in [2.45, 2.75) is 25.9 Å². The lowest BCUT2D eigenvalue weighted by atomic mass is 10.1. The minimum atomic E-state index is -4.62. The van der Waals surface area contributed by atoms with Crippen LogP contribution in [-0.2, 0) is 4.79 Å². The number of anilines is 2. The molecule has 0 aromatic carbocycles. The first-order chi connectivity index (χ1) is 12.2. The molecule has 2 rings (SSSR count). The highest BCUT2D eigenvalue weighted by Crippen LogP contribution is 2.29. The molecule has 0 unspecified atom stereocenters. The zero-order valence-electron chi connectivity index (χ0n) is 15.1. The Bertz CT molecular complexity index is 720. The molecule has 1 saturated heterocycles. The number of Topliss-reactive ketones (excluding diaryl/α,β-unsaturated/α-hetero) is 1. The van der Waals surface area contributed by atoms with Gasteiger partial charge in [-0.2, -0.15) is 18.2 Å². The summed E-state index contributed by atoms with van der Waals surface area (Å²) >= 11 is 0. The Kier molecular flexibility index (Phi) is 5.99. The molecule has 0 atom stereocenters. The van der Waals surface area contributed by atoms with Crippen LogP contribution in [0.15, 0.2) is 17.6 Å². The number of carbonyl (C=O) groups is 1. The summed E-state index contributed by atoms with van der Waals surface area (Å²) in [5.41, 5.74) is -1.30. The maximum atomic E-state index is 13.2. The molecule has 1 fully saturated rings. The minimum Gasteiger partial charge on any atom is -0.360 e. The molecule has 9 heteroatoms. The van der Waals surface area contributed by atoms with Crippen molar-refractivity contribution < 1.29 is 18.0 Å². The van der Waals surface area contributed by atoms with Gasteiger partial charge in [-0.25, -0.2) is 4.98 Å². The van der Waals surface area contributed by atoms with Crippen molar-refractivity contribution in [2.75, 3.05) is 43.5 Å². The fraction of sp³-hybridized carbons (Fsp3) is 0.529. The van der Waals surface area contributed by atoms with Crippen LogP contribution in [-0.4, -0.2) is 61.4 Å². The summed E-state index contributed by atoms with van der Waals surface area (Å²) in [6, 6.07) is 1.47. The van der Waals surface area contributed by atoms with Crippen LogP contribution in [0.25, 0.3) is 5.57 Å². The SMILES string of the molecule is C=C(C(=NC)C(F)(F)F)c1cc(N(C)CC)nc(N2CCC(=O)CC2)n1. The molecule has 0 radical (unpaired) electrons. The summed E-state index contributed by atoms with van der Waals surface area (Å²) in [5.74, 6) is 0.942. The molecule has 0 bridgehead atoms. The number of aromatic nitrogens is 2. The van der Waals surface area contributed by atoms with E-state index in [1.807, 2.05) is 11.8 Å². The number of piperidine rings is 1. The van der Waals surface area contributed by atoms with E-state index in [4.69, 9.17) is 0 Å². The molecule has 0 amide bonds. The van der Waals surface area contributed by atoms with Crippen LogP contribution in [0.4, 0.5) is 24.9 Å². The van der Waals surface area contributed by atoms with Gasteiger partial charge in [-0.1, -0.05) is 6.58 Å². The van der Waals surface area contributed by atoms with Gasteiger partial charge >= 0.3 is 6.18 Å². The van der Waals surface area contributed by atoms with E-state index >= 15 is 0 Å². The van der Waals surface area contributed by atoms with Gasteiger partial charge in [0.2, 0.25) is 5.95 Å². The summed E-state index contributed by atoms with van der Waals surface area (Å²) in [7, 11) is 2.86. The molecule has 1 aliphatic rings. The van der Waals surface area contributed by atoms with Crippen molar-refractivity contribution in [3.05, 3.63) is 18.3 Å². The molecule has 142 valence electrons. The number of alkyl halides is 3. The van der Waals surface area contributed by atoms with Crippen LogP contribution < -0.4 is 9.80 Å². The number of ketones is 1. The lowest BCUT2D eigenvalue weighted by molar-refractivity contribution is -0.119. The summed E-state index contributed by atoms with van der Waals surface area (Å²) in [4.78, 5) is 27.1. The summed E-state index contributed by atoms with van der Waals surface area (Å²) in [6.45, 7) is 6.97. The first-order valence-corrected chi connectivity index (χ1v) is 8.27. The second-order valence-electron chi connectivity index (χ2n) is 6.00. The lowest BCUT2D eigenvalue weighted by Gasteiger charge is -2.28. The van der Waals surface area contributed by atoms with Crippen LogP contribution in [0.3, 0.4) is 0 Å². The Morgan fingerprint density at radius 2 is 1.96 bits per heavy atom. The molecule has 0 N–H and O–H groups in total. The van der Waals surface area contributed by atoms with E-state index in [0.717, 1.165) is 7.05 Å². The average molecular weight is 369 g/mol. The van der Waals surface area contributed by atoms with Crippen molar-refractivity contribution in [3.63, 3.8) is 0 Å². The van der Waals surface area contributed by atoms with Crippen molar-refractivity contribution in [3.8, 4) is 0 Å². The molecule has 0 spiro atoms. The van der Waals surface area contributed by atoms with Gasteiger partial charge in [0, 0.05) is 58.2 Å². The molecule has 26 heavy (non-hydrogen) atoms. The smallest absolute Gasteiger partial charge is 0.360 e. The molecule has 6 nitrogen and oxygen atoms in total. The zero-order chi connectivity index (χ0) is 19.5. The quantitative estimate of drug-likeness (QED) is 0.747. The number of allylic oxidation sites excluding steroid dienone is 1. The van der Waals surface area contributed by atoms with Crippen LogP contribution in [0.1, 0.15) is 25.5 Å². The van der Waals surface area contributed by atoms with E-state index in [0.29, 0.717) is 44.2 Å². The Morgan fingerprint density at radius 1 is 1.35 bits per heavy atom. The van der Waals surface area contributed by atoms with E-state index in [9.17, 15) is 18.0 Å². The Hall–Kier alpha value is -2.45. The molecular formula is C17H22F3N5O. The predicted molar refractivity (Wildman–Crippen MR) is 95.9 cm³/mol. The van der Waals surface area contributed by atoms with Crippen molar-refractivity contribution >= 4 is 28.8 Å². The maximum Gasteiger partial charge on any atom is 0.433 e. The van der Waals surface area contributed by atoms with E-state index in [1.54, 1.807) is 11.9 Å². The van der Waals surface area contributed by atoms with Crippen molar-refractivity contribution in [2.24, 2.45) is 4.99 Å². The molecule has 0 aliphatic carbocycles. The number of nitrogens with zero attached hydrogens (tertiary/aromatic N) is 5. The lowest BCUT2D eigenvalue weighted by Crippen LogP contribution is -2.35. The zero-order valence-corrected chi connectivity index (χ0v) is 15.1. The molecular weight excluding hydrogens is 347 g/mol. The van der Waals surface area contributed by atoms with Gasteiger partial charge < -0.3 is 9.80 Å². The van der Waals surface area contributed by atoms with Gasteiger partial charge in [0.1, 0.15) is 17.3 Å². The first-order valence-electron chi connectivity index (χ1n) is 8.27. The second kappa shape index (κ2) is 7.84. The number of hydrogen-bond acceptors (Lipinski definition) is 6. The third kappa shape index (κ3) is 4.39. The summed E-state index contributed by atoms with van der Waals surface area (Å²) in [6.07, 6.45) is -3.87. The van der Waals surface area contributed by atoms with Gasteiger partial charge in [-0.15, -0.1) is 0 Å². The minimum absolute atomic E-state index is 0.0696. The van der Waals surface area contributed by atoms with E-state index < -0.39 is 11.9 Å². The maximum absolute atomic E-state index is 13.2. The highest BCUT2D eigenvalue weighted by molar-refractivity contribution is 6.25. The monoisotopic (exact) mass is 369 g/mol. The Morgan fingerprint density at radius 3 is 2.46 bits per heavy atom. The van der Waals surface area contributed by atoms with Gasteiger partial charge in [0.15, 0.2) is 0 Å². The number of halogens is 3. The molecule has 0 saturated carbocycles. The third-order valence-electron chi connectivity index (χ3n) is 4.26. The second-order valence-corrected chi connectivity index (χ2v) is 6.00. The largest absolute Gasteiger partial charge is 0.433 e. The topological polar surface area (TPSA) is 61.7 Å². The third-order valence-corrected chi connectivity index (χ3v) is 4.26. The van der Waals surface area contributed by atoms with E-state index in [-0.39, 0.29) is 17.1 Å². The molecule has 1 aromatic rings. The molecule has 1 aliphatic heterocycles. The molecule has 2 heterocycles. The van der Waals surface area contributed by atoms with E-state index in [2.05, 4.69) is 21.5 Å². The van der Waals surface area contributed by atoms with Gasteiger partial charge in [0.25, 0.3) is 0 Å². The fourth-order valence-electron chi connectivity index (χ4n) is 2.59. The number of aliphatic imine (C=N–C) groups is 1. The van der Waals surface area contributed by atoms with Crippen molar-refractivity contribution in [1.29, 1.82) is 0 Å². The van der Waals surface area contributed by atoms with Crippen LogP contribution in [0.5, 0.6) is 0 Å². The molecule has 1 aromatic heterocycles. The van der Waals surface area contributed by atoms with Gasteiger partial charge in [-0.3, -0.25) is 9.79 Å². The van der Waals surface area contributed by atoms with Crippen LogP contribution in [0.2, 0.25) is 0 Å². The van der Waals surface area contributed by atoms with Crippen LogP contribution in [0, 0.1) is 0 Å². The number of carbonyl (C=O) groups excluding carboxylic acids is 1. The normalized spacial score (nSPS) is 16.0. The summed E-state index contributed by atoms with van der Waals surface area (Å²) < 4.78 is 39.6. The predicted octanol–water partition coefficient (Wildman–Crippen LogP) is 2.75. The Labute approximate surface area is 150 Å². The number of hydrogen-bond donors (Lipinski definition) is 0. The average Bonchev–Trinajstić information content (AvgIpc) is 2.60. The van der Waals surface area contributed by atoms with Gasteiger partial charge in [0.05, 0.1) is 5.69 Å². The standard InChI is InChI=1S/C17H22F3N5O/c1-5-24(4)14-10-13(11(2)15(21-3)17(18,19)20)22-16(23-14)25-8-6-12(26)7-9-25/h10H,2,5-9H2,1,3-4H3.